The average molecular weight is 235 g/mol. The van der Waals surface area contributed by atoms with Crippen LogP contribution in [0.5, 0.6) is 0 Å². The largest absolute Gasteiger partial charge is 0.398 e. The lowest BCUT2D eigenvalue weighted by Gasteiger charge is -1.97. The van der Waals surface area contributed by atoms with E-state index in [1.54, 1.807) is 0 Å². The Hall–Kier alpha value is -2.53. The van der Waals surface area contributed by atoms with E-state index in [-0.39, 0.29) is 0 Å². The molecule has 0 amide bonds. The zero-order chi connectivity index (χ0) is 12.6. The van der Waals surface area contributed by atoms with E-state index < -0.39 is 0 Å². The Labute approximate surface area is 107 Å². The lowest BCUT2D eigenvalue weighted by Crippen LogP contribution is -1.97. The summed E-state index contributed by atoms with van der Waals surface area (Å²) >= 11 is 0. The molecule has 0 aliphatic heterocycles. The van der Waals surface area contributed by atoms with Gasteiger partial charge in [-0.25, -0.2) is 0 Å². The lowest BCUT2D eigenvalue weighted by atomic mass is 10.1. The zero-order valence-electron chi connectivity index (χ0n) is 10.1. The molecule has 0 spiro atoms. The second-order valence-electron chi connectivity index (χ2n) is 3.60. The van der Waals surface area contributed by atoms with Crippen molar-refractivity contribution in [2.75, 3.05) is 7.11 Å². The maximum atomic E-state index is 4.83. The molecule has 18 heavy (non-hydrogen) atoms. The monoisotopic (exact) mass is 235 g/mol. The number of rotatable bonds is 2. The summed E-state index contributed by atoms with van der Waals surface area (Å²) in [5, 5.41) is 3.95. The maximum Gasteiger partial charge on any atom is 0.160 e. The highest BCUT2D eigenvalue weighted by Gasteiger charge is 1.99. The second-order valence-corrected chi connectivity index (χ2v) is 3.60. The Balaban J connectivity index is 2.29. The zero-order valence-corrected chi connectivity index (χ0v) is 10.1. The van der Waals surface area contributed by atoms with Gasteiger partial charge in [0.25, 0.3) is 0 Å². The summed E-state index contributed by atoms with van der Waals surface area (Å²) in [6.07, 6.45) is 0. The molecule has 0 N–H and O–H groups in total. The number of oxime groups is 1. The van der Waals surface area contributed by atoms with Gasteiger partial charge in [-0.2, -0.15) is 0 Å². The van der Waals surface area contributed by atoms with E-state index in [4.69, 9.17) is 4.84 Å². The topological polar surface area (TPSA) is 21.6 Å². The molecule has 0 unspecified atom stereocenters. The molecule has 0 fully saturated rings. The van der Waals surface area contributed by atoms with Crippen LogP contribution in [0.15, 0.2) is 65.8 Å². The van der Waals surface area contributed by atoms with Crippen LogP contribution in [0.2, 0.25) is 0 Å². The van der Waals surface area contributed by atoms with Gasteiger partial charge in [-0.1, -0.05) is 59.6 Å². The van der Waals surface area contributed by atoms with Crippen LogP contribution >= 0.6 is 0 Å². The van der Waals surface area contributed by atoms with Gasteiger partial charge >= 0.3 is 0 Å². The normalized spacial score (nSPS) is 10.4. The van der Waals surface area contributed by atoms with E-state index in [0.717, 1.165) is 11.1 Å². The number of benzene rings is 2. The Bertz CT molecular complexity index is 577. The fourth-order valence-electron chi connectivity index (χ4n) is 1.49. The first-order valence-electron chi connectivity index (χ1n) is 5.64. The summed E-state index contributed by atoms with van der Waals surface area (Å²) in [5.41, 5.74) is 2.53. The molecular formula is C16H13NO. The van der Waals surface area contributed by atoms with Crippen LogP contribution in [0.3, 0.4) is 0 Å². The summed E-state index contributed by atoms with van der Waals surface area (Å²) in [5.74, 6) is 6.10. The molecule has 0 saturated heterocycles. The molecule has 2 rings (SSSR count). The molecule has 2 aromatic carbocycles. The van der Waals surface area contributed by atoms with E-state index in [9.17, 15) is 0 Å². The Morgan fingerprint density at radius 2 is 1.56 bits per heavy atom. The third-order valence-electron chi connectivity index (χ3n) is 2.33. The van der Waals surface area contributed by atoms with Crippen molar-refractivity contribution in [2.45, 2.75) is 0 Å². The van der Waals surface area contributed by atoms with Crippen molar-refractivity contribution in [3.8, 4) is 11.8 Å². The lowest BCUT2D eigenvalue weighted by molar-refractivity contribution is 0.214. The second kappa shape index (κ2) is 6.27. The van der Waals surface area contributed by atoms with Gasteiger partial charge < -0.3 is 4.84 Å². The van der Waals surface area contributed by atoms with Crippen LogP contribution in [0.25, 0.3) is 0 Å². The van der Waals surface area contributed by atoms with Crippen LogP contribution < -0.4 is 0 Å². The van der Waals surface area contributed by atoms with Gasteiger partial charge in [0.15, 0.2) is 5.71 Å². The Kier molecular flexibility index (Phi) is 4.16. The van der Waals surface area contributed by atoms with Gasteiger partial charge in [-0.3, -0.25) is 0 Å². The summed E-state index contributed by atoms with van der Waals surface area (Å²) in [6.45, 7) is 0. The van der Waals surface area contributed by atoms with Crippen molar-refractivity contribution in [2.24, 2.45) is 5.16 Å². The van der Waals surface area contributed by atoms with Gasteiger partial charge in [-0.05, 0) is 18.1 Å². The van der Waals surface area contributed by atoms with E-state index >= 15 is 0 Å². The van der Waals surface area contributed by atoms with Crippen molar-refractivity contribution >= 4 is 5.71 Å². The summed E-state index contributed by atoms with van der Waals surface area (Å²) in [6, 6.07) is 19.6. The van der Waals surface area contributed by atoms with E-state index in [2.05, 4.69) is 17.0 Å². The number of nitrogens with zero attached hydrogens (tertiary/aromatic N) is 1. The molecule has 2 aromatic rings. The molecule has 0 radical (unpaired) electrons. The van der Waals surface area contributed by atoms with Crippen LogP contribution in [0.1, 0.15) is 11.1 Å². The van der Waals surface area contributed by atoms with Crippen LogP contribution in [-0.4, -0.2) is 12.8 Å². The Morgan fingerprint density at radius 3 is 2.17 bits per heavy atom. The standard InChI is InChI=1S/C16H13NO/c1-18-17-16(15-10-6-3-7-11-15)13-12-14-8-4-2-5-9-14/h2-11H,1H3/b17-16+. The predicted molar refractivity (Wildman–Crippen MR) is 73.3 cm³/mol. The van der Waals surface area contributed by atoms with Crippen molar-refractivity contribution in [1.29, 1.82) is 0 Å². The summed E-state index contributed by atoms with van der Waals surface area (Å²) < 4.78 is 0. The molecule has 0 saturated carbocycles. The molecule has 0 heterocycles. The highest BCUT2D eigenvalue weighted by atomic mass is 16.6. The highest BCUT2D eigenvalue weighted by molar-refractivity contribution is 6.12. The number of hydrogen-bond donors (Lipinski definition) is 0. The molecule has 0 bridgehead atoms. The van der Waals surface area contributed by atoms with Gasteiger partial charge in [0.2, 0.25) is 0 Å². The smallest absolute Gasteiger partial charge is 0.160 e. The molecule has 0 aromatic heterocycles. The minimum absolute atomic E-state index is 0.627. The van der Waals surface area contributed by atoms with Crippen molar-refractivity contribution in [1.82, 2.24) is 0 Å². The van der Waals surface area contributed by atoms with Crippen molar-refractivity contribution in [3.05, 3.63) is 71.8 Å². The molecular weight excluding hydrogens is 222 g/mol. The average Bonchev–Trinajstić information content (AvgIpc) is 2.45. The number of hydrogen-bond acceptors (Lipinski definition) is 2. The van der Waals surface area contributed by atoms with Crippen molar-refractivity contribution in [3.63, 3.8) is 0 Å². The van der Waals surface area contributed by atoms with Crippen molar-refractivity contribution < 1.29 is 4.84 Å². The molecule has 88 valence electrons. The van der Waals surface area contributed by atoms with Crippen LogP contribution in [0, 0.1) is 11.8 Å². The summed E-state index contributed by atoms with van der Waals surface area (Å²) in [7, 11) is 1.52. The fraction of sp³-hybridized carbons (Fsp3) is 0.0625. The molecule has 2 nitrogen and oxygen atoms in total. The fourth-order valence-corrected chi connectivity index (χ4v) is 1.49. The molecule has 2 heteroatoms. The van der Waals surface area contributed by atoms with E-state index in [1.807, 2.05) is 60.7 Å². The summed E-state index contributed by atoms with van der Waals surface area (Å²) in [4.78, 5) is 4.83. The van der Waals surface area contributed by atoms with Crippen LogP contribution in [-0.2, 0) is 4.84 Å². The third-order valence-corrected chi connectivity index (χ3v) is 2.33. The third kappa shape index (κ3) is 3.23. The minimum Gasteiger partial charge on any atom is -0.398 e. The maximum absolute atomic E-state index is 4.83. The van der Waals surface area contributed by atoms with E-state index in [1.165, 1.54) is 7.11 Å². The van der Waals surface area contributed by atoms with Gasteiger partial charge in [0, 0.05) is 11.1 Å². The first-order chi connectivity index (χ1) is 8.90. The molecule has 0 aliphatic carbocycles. The van der Waals surface area contributed by atoms with E-state index in [0.29, 0.717) is 5.71 Å². The first-order valence-corrected chi connectivity index (χ1v) is 5.64. The van der Waals surface area contributed by atoms with Gasteiger partial charge in [0.05, 0.1) is 0 Å². The first kappa shape index (κ1) is 11.9. The highest BCUT2D eigenvalue weighted by Crippen LogP contribution is 2.02. The molecule has 0 atom stereocenters. The Morgan fingerprint density at radius 1 is 0.944 bits per heavy atom. The quantitative estimate of drug-likeness (QED) is 0.445. The predicted octanol–water partition coefficient (Wildman–Crippen LogP) is 3.09. The van der Waals surface area contributed by atoms with Gasteiger partial charge in [0.1, 0.15) is 7.11 Å². The molecule has 0 aliphatic rings. The van der Waals surface area contributed by atoms with Crippen LogP contribution in [0.4, 0.5) is 0 Å². The van der Waals surface area contributed by atoms with Gasteiger partial charge in [-0.15, -0.1) is 0 Å². The minimum atomic E-state index is 0.627. The SMILES string of the molecule is CO/N=C(\C#Cc1ccccc1)c1ccccc1.